The molecule has 1 aromatic carbocycles. The molecule has 0 amide bonds. The Hall–Kier alpha value is -1.35. The zero-order chi connectivity index (χ0) is 13.0. The predicted octanol–water partition coefficient (Wildman–Crippen LogP) is 2.61. The van der Waals surface area contributed by atoms with Crippen LogP contribution in [0.15, 0.2) is 24.3 Å². The van der Waals surface area contributed by atoms with Gasteiger partial charge in [0.05, 0.1) is 6.10 Å². The van der Waals surface area contributed by atoms with Crippen molar-refractivity contribution in [2.24, 2.45) is 5.92 Å². The Kier molecular flexibility index (Phi) is 4.37. The number of likely N-dealkylation sites (tertiary alicyclic amines) is 1. The van der Waals surface area contributed by atoms with E-state index in [9.17, 15) is 4.79 Å². The second-order valence-corrected chi connectivity index (χ2v) is 5.17. The van der Waals surface area contributed by atoms with Gasteiger partial charge in [-0.15, -0.1) is 0 Å². The summed E-state index contributed by atoms with van der Waals surface area (Å²) in [5.74, 6) is 1.44. The van der Waals surface area contributed by atoms with Gasteiger partial charge >= 0.3 is 0 Å². The first-order valence-corrected chi connectivity index (χ1v) is 6.59. The van der Waals surface area contributed by atoms with Crippen LogP contribution in [0.3, 0.4) is 0 Å². The van der Waals surface area contributed by atoms with E-state index in [1.165, 1.54) is 19.4 Å². The first-order valence-electron chi connectivity index (χ1n) is 6.59. The van der Waals surface area contributed by atoms with Crippen LogP contribution in [-0.4, -0.2) is 37.4 Å². The van der Waals surface area contributed by atoms with Crippen LogP contribution in [0.25, 0.3) is 0 Å². The number of hydrogen-bond acceptors (Lipinski definition) is 3. The third kappa shape index (κ3) is 3.33. The third-order valence-electron chi connectivity index (χ3n) is 3.66. The van der Waals surface area contributed by atoms with Crippen LogP contribution in [0.5, 0.6) is 5.75 Å². The summed E-state index contributed by atoms with van der Waals surface area (Å²) in [4.78, 5) is 12.9. The van der Waals surface area contributed by atoms with Gasteiger partial charge in [-0.2, -0.15) is 0 Å². The molecular weight excluding hydrogens is 226 g/mol. The molecule has 3 heteroatoms. The maximum Gasteiger partial charge on any atom is 0.150 e. The van der Waals surface area contributed by atoms with Gasteiger partial charge in [0.25, 0.3) is 0 Å². The molecule has 1 aromatic rings. The molecule has 0 spiro atoms. The molecule has 2 unspecified atom stereocenters. The number of benzene rings is 1. The molecule has 2 rings (SSSR count). The fourth-order valence-corrected chi connectivity index (χ4v) is 2.53. The Morgan fingerprint density at radius 1 is 1.39 bits per heavy atom. The predicted molar refractivity (Wildman–Crippen MR) is 72.1 cm³/mol. The number of hydrogen-bond donors (Lipinski definition) is 0. The summed E-state index contributed by atoms with van der Waals surface area (Å²) in [6.45, 7) is 4.43. The summed E-state index contributed by atoms with van der Waals surface area (Å²) in [6, 6.07) is 7.32. The van der Waals surface area contributed by atoms with Gasteiger partial charge in [0.15, 0.2) is 0 Å². The molecule has 1 aliphatic heterocycles. The van der Waals surface area contributed by atoms with Crippen molar-refractivity contribution in [2.45, 2.75) is 25.9 Å². The van der Waals surface area contributed by atoms with E-state index in [-0.39, 0.29) is 6.10 Å². The van der Waals surface area contributed by atoms with Crippen molar-refractivity contribution in [1.29, 1.82) is 0 Å². The summed E-state index contributed by atoms with van der Waals surface area (Å²) in [5.41, 5.74) is 0.687. The standard InChI is InChI=1S/C15H21NO2/c1-12(14-4-3-9-16(2)10-14)18-15-7-5-13(11-17)6-8-15/h5-8,11-12,14H,3-4,9-10H2,1-2H3. The highest BCUT2D eigenvalue weighted by Crippen LogP contribution is 2.23. The largest absolute Gasteiger partial charge is 0.490 e. The van der Waals surface area contributed by atoms with Gasteiger partial charge < -0.3 is 9.64 Å². The SMILES string of the molecule is CC(Oc1ccc(C=O)cc1)C1CCCN(C)C1. The van der Waals surface area contributed by atoms with Crippen LogP contribution in [0.1, 0.15) is 30.1 Å². The van der Waals surface area contributed by atoms with Crippen LogP contribution in [0.4, 0.5) is 0 Å². The van der Waals surface area contributed by atoms with E-state index in [4.69, 9.17) is 4.74 Å². The number of nitrogens with zero attached hydrogens (tertiary/aromatic N) is 1. The number of carbonyl (C=O) groups excluding carboxylic acids is 1. The van der Waals surface area contributed by atoms with Crippen LogP contribution >= 0.6 is 0 Å². The van der Waals surface area contributed by atoms with Crippen LogP contribution in [-0.2, 0) is 0 Å². The minimum Gasteiger partial charge on any atom is -0.490 e. The third-order valence-corrected chi connectivity index (χ3v) is 3.66. The molecule has 98 valence electrons. The highest BCUT2D eigenvalue weighted by atomic mass is 16.5. The van der Waals surface area contributed by atoms with E-state index < -0.39 is 0 Å². The lowest BCUT2D eigenvalue weighted by Crippen LogP contribution is -2.39. The van der Waals surface area contributed by atoms with Crippen molar-refractivity contribution in [2.75, 3.05) is 20.1 Å². The van der Waals surface area contributed by atoms with Crippen molar-refractivity contribution in [3.63, 3.8) is 0 Å². The molecule has 0 aliphatic carbocycles. The Bertz CT molecular complexity index is 388. The quantitative estimate of drug-likeness (QED) is 0.766. The van der Waals surface area contributed by atoms with Gasteiger partial charge in [0.2, 0.25) is 0 Å². The van der Waals surface area contributed by atoms with Crippen molar-refractivity contribution >= 4 is 6.29 Å². The molecule has 0 aromatic heterocycles. The van der Waals surface area contributed by atoms with E-state index in [1.54, 1.807) is 12.1 Å². The van der Waals surface area contributed by atoms with Crippen molar-refractivity contribution in [3.05, 3.63) is 29.8 Å². The van der Waals surface area contributed by atoms with Crippen molar-refractivity contribution in [3.8, 4) is 5.75 Å². The summed E-state index contributed by atoms with van der Waals surface area (Å²) in [7, 11) is 2.16. The van der Waals surface area contributed by atoms with E-state index >= 15 is 0 Å². The minimum absolute atomic E-state index is 0.217. The summed E-state index contributed by atoms with van der Waals surface area (Å²) < 4.78 is 5.96. The zero-order valence-corrected chi connectivity index (χ0v) is 11.1. The van der Waals surface area contributed by atoms with E-state index in [0.717, 1.165) is 18.6 Å². The topological polar surface area (TPSA) is 29.5 Å². The second-order valence-electron chi connectivity index (χ2n) is 5.17. The molecule has 1 fully saturated rings. The molecule has 2 atom stereocenters. The van der Waals surface area contributed by atoms with Gasteiger partial charge in [-0.05, 0) is 57.6 Å². The smallest absolute Gasteiger partial charge is 0.150 e. The van der Waals surface area contributed by atoms with E-state index in [2.05, 4.69) is 18.9 Å². The lowest BCUT2D eigenvalue weighted by molar-refractivity contribution is 0.0901. The van der Waals surface area contributed by atoms with Crippen LogP contribution in [0, 0.1) is 5.92 Å². The van der Waals surface area contributed by atoms with E-state index in [1.807, 2.05) is 12.1 Å². The van der Waals surface area contributed by atoms with Gasteiger partial charge in [0.1, 0.15) is 12.0 Å². The van der Waals surface area contributed by atoms with Crippen LogP contribution in [0.2, 0.25) is 0 Å². The molecular formula is C15H21NO2. The van der Waals surface area contributed by atoms with E-state index in [0.29, 0.717) is 11.5 Å². The lowest BCUT2D eigenvalue weighted by Gasteiger charge is -2.33. The van der Waals surface area contributed by atoms with Gasteiger partial charge in [-0.3, -0.25) is 4.79 Å². The maximum absolute atomic E-state index is 10.6. The van der Waals surface area contributed by atoms with Crippen molar-refractivity contribution < 1.29 is 9.53 Å². The highest BCUT2D eigenvalue weighted by Gasteiger charge is 2.23. The average Bonchev–Trinajstić information content (AvgIpc) is 2.39. The van der Waals surface area contributed by atoms with Crippen molar-refractivity contribution in [1.82, 2.24) is 4.90 Å². The Balaban J connectivity index is 1.93. The zero-order valence-electron chi connectivity index (χ0n) is 11.1. The number of carbonyl (C=O) groups is 1. The molecule has 0 radical (unpaired) electrons. The van der Waals surface area contributed by atoms with Gasteiger partial charge in [-0.1, -0.05) is 0 Å². The fraction of sp³-hybridized carbons (Fsp3) is 0.533. The molecule has 0 saturated carbocycles. The fourth-order valence-electron chi connectivity index (χ4n) is 2.53. The summed E-state index contributed by atoms with van der Waals surface area (Å²) in [6.07, 6.45) is 3.55. The normalized spacial score (nSPS) is 22.4. The highest BCUT2D eigenvalue weighted by molar-refractivity contribution is 5.74. The molecule has 1 aliphatic rings. The Morgan fingerprint density at radius 2 is 2.11 bits per heavy atom. The average molecular weight is 247 g/mol. The second kappa shape index (κ2) is 6.01. The monoisotopic (exact) mass is 247 g/mol. The van der Waals surface area contributed by atoms with Gasteiger partial charge in [-0.25, -0.2) is 0 Å². The number of aldehydes is 1. The first-order chi connectivity index (χ1) is 8.69. The molecule has 18 heavy (non-hydrogen) atoms. The van der Waals surface area contributed by atoms with Crippen LogP contribution < -0.4 is 4.74 Å². The molecule has 1 saturated heterocycles. The maximum atomic E-state index is 10.6. The Labute approximate surface area is 109 Å². The molecule has 1 heterocycles. The molecule has 0 N–H and O–H groups in total. The van der Waals surface area contributed by atoms with Gasteiger partial charge in [0, 0.05) is 18.0 Å². The molecule has 0 bridgehead atoms. The summed E-state index contributed by atoms with van der Waals surface area (Å²) >= 11 is 0. The number of piperidine rings is 1. The molecule has 3 nitrogen and oxygen atoms in total. The Morgan fingerprint density at radius 3 is 2.72 bits per heavy atom. The minimum atomic E-state index is 0.217. The number of ether oxygens (including phenoxy) is 1. The number of rotatable bonds is 4. The first kappa shape index (κ1) is 13.1. The summed E-state index contributed by atoms with van der Waals surface area (Å²) in [5, 5.41) is 0. The lowest BCUT2D eigenvalue weighted by atomic mass is 9.93.